The molecule has 0 aliphatic rings. The highest BCUT2D eigenvalue weighted by molar-refractivity contribution is 7.98. The van der Waals surface area contributed by atoms with Crippen LogP contribution in [0.25, 0.3) is 0 Å². The summed E-state index contributed by atoms with van der Waals surface area (Å²) in [7, 11) is 1.92. The number of nitrogens with zero attached hydrogens (tertiary/aromatic N) is 2. The Morgan fingerprint density at radius 1 is 1.37 bits per heavy atom. The van der Waals surface area contributed by atoms with E-state index in [9.17, 15) is 0 Å². The van der Waals surface area contributed by atoms with Gasteiger partial charge in [0.15, 0.2) is 5.82 Å². The van der Waals surface area contributed by atoms with Crippen LogP contribution in [-0.4, -0.2) is 23.2 Å². The molecule has 0 bridgehead atoms. The van der Waals surface area contributed by atoms with E-state index < -0.39 is 0 Å². The van der Waals surface area contributed by atoms with Crippen LogP contribution in [0.2, 0.25) is 5.02 Å². The highest BCUT2D eigenvalue weighted by Crippen LogP contribution is 2.23. The number of nitrogens with one attached hydrogen (secondary N) is 1. The number of hydrogen-bond acceptors (Lipinski definition) is 5. The van der Waals surface area contributed by atoms with E-state index in [1.54, 1.807) is 11.8 Å². The lowest BCUT2D eigenvalue weighted by Gasteiger charge is -2.04. The van der Waals surface area contributed by atoms with Gasteiger partial charge in [0.1, 0.15) is 0 Å². The molecular formula is C13H16ClN3OS. The van der Waals surface area contributed by atoms with Gasteiger partial charge in [-0.2, -0.15) is 4.98 Å². The standard InChI is InChI=1S/C13H16ClN3OS/c1-9(15-2)7-13-16-12(17-18-13)8-19-11-5-3-10(14)4-6-11/h3-6,9,15H,7-8H2,1-2H3. The Morgan fingerprint density at radius 3 is 2.79 bits per heavy atom. The number of halogens is 1. The second-order valence-electron chi connectivity index (χ2n) is 4.24. The Balaban J connectivity index is 1.88. The Kier molecular flexibility index (Phi) is 5.24. The van der Waals surface area contributed by atoms with Crippen molar-refractivity contribution in [1.82, 2.24) is 15.5 Å². The van der Waals surface area contributed by atoms with Gasteiger partial charge in [-0.25, -0.2) is 0 Å². The molecule has 19 heavy (non-hydrogen) atoms. The average Bonchev–Trinajstić information content (AvgIpc) is 2.85. The SMILES string of the molecule is CNC(C)Cc1nc(CSc2ccc(Cl)cc2)no1. The molecule has 1 atom stereocenters. The molecule has 1 unspecified atom stereocenters. The second-order valence-corrected chi connectivity index (χ2v) is 5.73. The predicted octanol–water partition coefficient (Wildman–Crippen LogP) is 3.17. The third kappa shape index (κ3) is 4.53. The van der Waals surface area contributed by atoms with Crippen LogP contribution in [-0.2, 0) is 12.2 Å². The van der Waals surface area contributed by atoms with Crippen molar-refractivity contribution in [2.45, 2.75) is 30.0 Å². The van der Waals surface area contributed by atoms with Crippen LogP contribution in [0.15, 0.2) is 33.7 Å². The fourth-order valence-electron chi connectivity index (χ4n) is 1.47. The van der Waals surface area contributed by atoms with E-state index in [1.165, 1.54) is 0 Å². The zero-order valence-corrected chi connectivity index (χ0v) is 12.5. The summed E-state index contributed by atoms with van der Waals surface area (Å²) >= 11 is 7.50. The van der Waals surface area contributed by atoms with Gasteiger partial charge < -0.3 is 9.84 Å². The van der Waals surface area contributed by atoms with Gasteiger partial charge in [0.25, 0.3) is 0 Å². The van der Waals surface area contributed by atoms with E-state index in [1.807, 2.05) is 31.3 Å². The first kappa shape index (κ1) is 14.4. The zero-order chi connectivity index (χ0) is 13.7. The molecule has 0 amide bonds. The third-order valence-electron chi connectivity index (χ3n) is 2.67. The van der Waals surface area contributed by atoms with Crippen molar-refractivity contribution < 1.29 is 4.52 Å². The van der Waals surface area contributed by atoms with E-state index in [0.29, 0.717) is 17.7 Å². The summed E-state index contributed by atoms with van der Waals surface area (Å²) in [6, 6.07) is 8.05. The molecule has 0 aliphatic heterocycles. The maximum atomic E-state index is 5.84. The molecule has 4 nitrogen and oxygen atoms in total. The molecule has 0 saturated heterocycles. The van der Waals surface area contributed by atoms with E-state index >= 15 is 0 Å². The van der Waals surface area contributed by atoms with Crippen molar-refractivity contribution in [3.8, 4) is 0 Å². The molecule has 0 fully saturated rings. The fraction of sp³-hybridized carbons (Fsp3) is 0.385. The maximum absolute atomic E-state index is 5.84. The largest absolute Gasteiger partial charge is 0.339 e. The smallest absolute Gasteiger partial charge is 0.228 e. The number of likely N-dealkylation sites (N-methyl/N-ethyl adjacent to an activating group) is 1. The first-order valence-corrected chi connectivity index (χ1v) is 7.41. The van der Waals surface area contributed by atoms with Crippen molar-refractivity contribution in [1.29, 1.82) is 0 Å². The lowest BCUT2D eigenvalue weighted by Crippen LogP contribution is -2.23. The minimum absolute atomic E-state index is 0.331. The molecule has 1 N–H and O–H groups in total. The Hall–Kier alpha value is -1.04. The Morgan fingerprint density at radius 2 is 2.11 bits per heavy atom. The number of thioether (sulfide) groups is 1. The van der Waals surface area contributed by atoms with Gasteiger partial charge in [-0.3, -0.25) is 0 Å². The molecule has 0 spiro atoms. The zero-order valence-electron chi connectivity index (χ0n) is 10.9. The van der Waals surface area contributed by atoms with Crippen LogP contribution in [0.1, 0.15) is 18.6 Å². The predicted molar refractivity (Wildman–Crippen MR) is 77.5 cm³/mol. The summed E-state index contributed by atoms with van der Waals surface area (Å²) in [6.45, 7) is 2.08. The van der Waals surface area contributed by atoms with Gasteiger partial charge in [0.2, 0.25) is 5.89 Å². The summed E-state index contributed by atoms with van der Waals surface area (Å²) in [6.07, 6.45) is 0.745. The molecule has 102 valence electrons. The summed E-state index contributed by atoms with van der Waals surface area (Å²) in [5, 5.41) is 7.86. The van der Waals surface area contributed by atoms with Crippen molar-refractivity contribution in [3.63, 3.8) is 0 Å². The number of hydrogen-bond donors (Lipinski definition) is 1. The number of rotatable bonds is 6. The van der Waals surface area contributed by atoms with Crippen LogP contribution in [0, 0.1) is 0 Å². The van der Waals surface area contributed by atoms with Crippen LogP contribution in [0.4, 0.5) is 0 Å². The highest BCUT2D eigenvalue weighted by Gasteiger charge is 2.09. The second kappa shape index (κ2) is 6.93. The maximum Gasteiger partial charge on any atom is 0.228 e. The normalized spacial score (nSPS) is 12.6. The van der Waals surface area contributed by atoms with Crippen LogP contribution in [0.5, 0.6) is 0 Å². The van der Waals surface area contributed by atoms with Gasteiger partial charge in [-0.1, -0.05) is 16.8 Å². The van der Waals surface area contributed by atoms with Crippen molar-refractivity contribution >= 4 is 23.4 Å². The average molecular weight is 298 g/mol. The summed E-state index contributed by atoms with van der Waals surface area (Å²) in [5.74, 6) is 2.09. The minimum Gasteiger partial charge on any atom is -0.339 e. The van der Waals surface area contributed by atoms with Gasteiger partial charge in [-0.15, -0.1) is 11.8 Å². The molecule has 1 heterocycles. The quantitative estimate of drug-likeness (QED) is 0.830. The lowest BCUT2D eigenvalue weighted by molar-refractivity contribution is 0.362. The Bertz CT molecular complexity index is 515. The fourth-order valence-corrected chi connectivity index (χ4v) is 2.34. The van der Waals surface area contributed by atoms with Gasteiger partial charge >= 0.3 is 0 Å². The van der Waals surface area contributed by atoms with Crippen molar-refractivity contribution in [3.05, 3.63) is 41.0 Å². The molecule has 2 aromatic rings. The monoisotopic (exact) mass is 297 g/mol. The molecular weight excluding hydrogens is 282 g/mol. The first-order chi connectivity index (χ1) is 9.17. The first-order valence-electron chi connectivity index (χ1n) is 6.04. The van der Waals surface area contributed by atoms with Crippen molar-refractivity contribution in [2.75, 3.05) is 7.05 Å². The van der Waals surface area contributed by atoms with E-state index in [-0.39, 0.29) is 0 Å². The highest BCUT2D eigenvalue weighted by atomic mass is 35.5. The Labute approximate surface area is 121 Å². The molecule has 0 aliphatic carbocycles. The van der Waals surface area contributed by atoms with Gasteiger partial charge in [-0.05, 0) is 38.2 Å². The summed E-state index contributed by atoms with van der Waals surface area (Å²) < 4.78 is 5.21. The van der Waals surface area contributed by atoms with Gasteiger partial charge in [0, 0.05) is 22.4 Å². The van der Waals surface area contributed by atoms with Crippen LogP contribution in [0.3, 0.4) is 0 Å². The van der Waals surface area contributed by atoms with Crippen LogP contribution >= 0.6 is 23.4 Å². The summed E-state index contributed by atoms with van der Waals surface area (Å²) in [5.41, 5.74) is 0. The van der Waals surface area contributed by atoms with Crippen molar-refractivity contribution in [2.24, 2.45) is 0 Å². The number of benzene rings is 1. The molecule has 1 aromatic heterocycles. The van der Waals surface area contributed by atoms with E-state index in [2.05, 4.69) is 22.4 Å². The molecule has 6 heteroatoms. The van der Waals surface area contributed by atoms with E-state index in [0.717, 1.165) is 22.2 Å². The minimum atomic E-state index is 0.331. The molecule has 1 aromatic carbocycles. The molecule has 0 radical (unpaired) electrons. The molecule has 2 rings (SSSR count). The third-order valence-corrected chi connectivity index (χ3v) is 3.93. The molecule has 0 saturated carbocycles. The van der Waals surface area contributed by atoms with Gasteiger partial charge in [0.05, 0.1) is 5.75 Å². The number of aromatic nitrogens is 2. The van der Waals surface area contributed by atoms with E-state index in [4.69, 9.17) is 16.1 Å². The summed E-state index contributed by atoms with van der Waals surface area (Å²) in [4.78, 5) is 5.50. The topological polar surface area (TPSA) is 51.0 Å². The lowest BCUT2D eigenvalue weighted by atomic mass is 10.2. The van der Waals surface area contributed by atoms with Crippen LogP contribution < -0.4 is 5.32 Å².